The van der Waals surface area contributed by atoms with Crippen LogP contribution >= 0.6 is 0 Å². The summed E-state index contributed by atoms with van der Waals surface area (Å²) in [6.45, 7) is 4.52. The summed E-state index contributed by atoms with van der Waals surface area (Å²) in [5.41, 5.74) is 2.08. The Hall–Kier alpha value is -1.46. The second-order valence-electron chi connectivity index (χ2n) is 5.62. The maximum atomic E-state index is 11.7. The number of aromatic nitrogens is 1. The molecule has 1 heterocycles. The van der Waals surface area contributed by atoms with E-state index in [1.807, 2.05) is 30.3 Å². The van der Waals surface area contributed by atoms with E-state index in [-0.39, 0.29) is 0 Å². The van der Waals surface area contributed by atoms with E-state index < -0.39 is 14.6 Å². The number of hydrogen-bond acceptors (Lipinski definition) is 4. The topological polar surface area (TPSA) is 59.1 Å². The Morgan fingerprint density at radius 2 is 1.90 bits per heavy atom. The average Bonchev–Trinajstić information content (AvgIpc) is 2.37. The standard InChI is InChI=1S/C15H20N2O2S/c1-15(2,20(3,18)19)11-16-10-12-8-9-17-14-7-5-4-6-13(12)14/h4-9,16H,10-11H2,1-3H3. The Balaban J connectivity index is 2.11. The van der Waals surface area contributed by atoms with Crippen molar-refractivity contribution in [1.82, 2.24) is 10.3 Å². The quantitative estimate of drug-likeness (QED) is 0.917. The third-order valence-electron chi connectivity index (χ3n) is 3.61. The molecule has 0 fully saturated rings. The van der Waals surface area contributed by atoms with Gasteiger partial charge in [-0.2, -0.15) is 0 Å². The molecule has 0 saturated heterocycles. The Morgan fingerprint density at radius 3 is 2.60 bits per heavy atom. The van der Waals surface area contributed by atoms with E-state index in [0.29, 0.717) is 13.1 Å². The highest BCUT2D eigenvalue weighted by Gasteiger charge is 2.29. The largest absolute Gasteiger partial charge is 0.311 e. The molecule has 108 valence electrons. The molecule has 2 aromatic rings. The van der Waals surface area contributed by atoms with Crippen molar-refractivity contribution >= 4 is 20.7 Å². The van der Waals surface area contributed by atoms with Crippen LogP contribution in [0.25, 0.3) is 10.9 Å². The summed E-state index contributed by atoms with van der Waals surface area (Å²) in [7, 11) is -3.07. The molecule has 5 heteroatoms. The van der Waals surface area contributed by atoms with E-state index in [9.17, 15) is 8.42 Å². The summed E-state index contributed by atoms with van der Waals surface area (Å²) >= 11 is 0. The molecule has 0 aliphatic heterocycles. The normalized spacial score (nSPS) is 12.8. The van der Waals surface area contributed by atoms with E-state index in [0.717, 1.165) is 16.5 Å². The average molecular weight is 292 g/mol. The van der Waals surface area contributed by atoms with Crippen LogP contribution in [0.2, 0.25) is 0 Å². The molecule has 1 aromatic carbocycles. The number of rotatable bonds is 5. The second-order valence-corrected chi connectivity index (χ2v) is 8.27. The number of fused-ring (bicyclic) bond motifs is 1. The number of nitrogens with one attached hydrogen (secondary N) is 1. The lowest BCUT2D eigenvalue weighted by Gasteiger charge is -2.23. The monoisotopic (exact) mass is 292 g/mol. The molecule has 0 aliphatic rings. The van der Waals surface area contributed by atoms with Gasteiger partial charge in [-0.25, -0.2) is 8.42 Å². The van der Waals surface area contributed by atoms with Gasteiger partial charge in [0.1, 0.15) is 0 Å². The summed E-state index contributed by atoms with van der Waals surface area (Å²) < 4.78 is 22.5. The van der Waals surface area contributed by atoms with Gasteiger partial charge in [-0.3, -0.25) is 4.98 Å². The van der Waals surface area contributed by atoms with Gasteiger partial charge in [0.05, 0.1) is 10.3 Å². The number of sulfone groups is 1. The smallest absolute Gasteiger partial charge is 0.153 e. The molecule has 0 radical (unpaired) electrons. The summed E-state index contributed by atoms with van der Waals surface area (Å²) in [5, 5.41) is 4.33. The van der Waals surface area contributed by atoms with Crippen LogP contribution in [0.5, 0.6) is 0 Å². The second kappa shape index (κ2) is 5.50. The van der Waals surface area contributed by atoms with E-state index in [1.54, 1.807) is 20.0 Å². The molecular formula is C15H20N2O2S. The highest BCUT2D eigenvalue weighted by Crippen LogP contribution is 2.17. The molecule has 0 atom stereocenters. The minimum Gasteiger partial charge on any atom is -0.311 e. The van der Waals surface area contributed by atoms with Crippen molar-refractivity contribution in [2.75, 3.05) is 12.8 Å². The van der Waals surface area contributed by atoms with Crippen molar-refractivity contribution in [2.24, 2.45) is 0 Å². The van der Waals surface area contributed by atoms with Crippen LogP contribution in [0.15, 0.2) is 36.5 Å². The predicted octanol–water partition coefficient (Wildman–Crippen LogP) is 2.15. The zero-order chi connectivity index (χ0) is 14.8. The minimum absolute atomic E-state index is 0.419. The molecule has 0 unspecified atom stereocenters. The van der Waals surface area contributed by atoms with Crippen molar-refractivity contribution < 1.29 is 8.42 Å². The van der Waals surface area contributed by atoms with Gasteiger partial charge in [0.25, 0.3) is 0 Å². The molecule has 2 rings (SSSR count). The first kappa shape index (κ1) is 14.9. The first-order chi connectivity index (χ1) is 9.31. The van der Waals surface area contributed by atoms with Gasteiger partial charge in [0.2, 0.25) is 0 Å². The van der Waals surface area contributed by atoms with Crippen molar-refractivity contribution in [1.29, 1.82) is 0 Å². The van der Waals surface area contributed by atoms with Crippen LogP contribution in [0, 0.1) is 0 Å². The van der Waals surface area contributed by atoms with E-state index in [2.05, 4.69) is 10.3 Å². The van der Waals surface area contributed by atoms with Crippen LogP contribution in [-0.4, -0.2) is 30.9 Å². The molecule has 1 N–H and O–H groups in total. The maximum Gasteiger partial charge on any atom is 0.153 e. The van der Waals surface area contributed by atoms with Crippen LogP contribution in [0.4, 0.5) is 0 Å². The molecule has 4 nitrogen and oxygen atoms in total. The summed E-state index contributed by atoms with van der Waals surface area (Å²) in [5.74, 6) is 0. The molecule has 0 spiro atoms. The van der Waals surface area contributed by atoms with Gasteiger partial charge < -0.3 is 5.32 Å². The molecule has 0 aliphatic carbocycles. The lowest BCUT2D eigenvalue weighted by molar-refractivity contribution is 0.522. The summed E-state index contributed by atoms with van der Waals surface area (Å²) in [6.07, 6.45) is 3.05. The fourth-order valence-corrected chi connectivity index (χ4v) is 2.30. The SMILES string of the molecule is CC(C)(CNCc1ccnc2ccccc12)S(C)(=O)=O. The van der Waals surface area contributed by atoms with Gasteiger partial charge in [0.15, 0.2) is 9.84 Å². The van der Waals surface area contributed by atoms with E-state index in [4.69, 9.17) is 0 Å². The Kier molecular flexibility index (Phi) is 4.11. The zero-order valence-corrected chi connectivity index (χ0v) is 12.9. The highest BCUT2D eigenvalue weighted by molar-refractivity contribution is 7.92. The van der Waals surface area contributed by atoms with Crippen LogP contribution < -0.4 is 5.32 Å². The first-order valence-electron chi connectivity index (χ1n) is 6.54. The zero-order valence-electron chi connectivity index (χ0n) is 12.1. The minimum atomic E-state index is -3.07. The first-order valence-corrected chi connectivity index (χ1v) is 8.43. The van der Waals surface area contributed by atoms with Crippen molar-refractivity contribution in [3.05, 3.63) is 42.1 Å². The predicted molar refractivity (Wildman–Crippen MR) is 82.4 cm³/mol. The third-order valence-corrected chi connectivity index (χ3v) is 5.76. The third kappa shape index (κ3) is 3.16. The fourth-order valence-electron chi connectivity index (χ4n) is 1.94. The number of para-hydroxylation sites is 1. The van der Waals surface area contributed by atoms with Gasteiger partial charge in [-0.05, 0) is 31.5 Å². The Bertz CT molecular complexity index is 703. The number of pyridine rings is 1. The highest BCUT2D eigenvalue weighted by atomic mass is 32.2. The molecular weight excluding hydrogens is 272 g/mol. The van der Waals surface area contributed by atoms with Gasteiger partial charge in [-0.15, -0.1) is 0 Å². The number of nitrogens with zero attached hydrogens (tertiary/aromatic N) is 1. The Morgan fingerprint density at radius 1 is 1.20 bits per heavy atom. The molecule has 0 saturated carbocycles. The fraction of sp³-hybridized carbons (Fsp3) is 0.400. The number of hydrogen-bond donors (Lipinski definition) is 1. The van der Waals surface area contributed by atoms with Crippen molar-refractivity contribution in [3.8, 4) is 0 Å². The molecule has 1 aromatic heterocycles. The van der Waals surface area contributed by atoms with E-state index in [1.165, 1.54) is 6.26 Å². The van der Waals surface area contributed by atoms with Crippen molar-refractivity contribution in [3.63, 3.8) is 0 Å². The summed E-state index contributed by atoms with van der Waals surface area (Å²) in [6, 6.07) is 9.90. The number of benzene rings is 1. The van der Waals surface area contributed by atoms with Gasteiger partial charge in [-0.1, -0.05) is 18.2 Å². The van der Waals surface area contributed by atoms with Gasteiger partial charge in [0, 0.05) is 30.9 Å². The lowest BCUT2D eigenvalue weighted by atomic mass is 10.1. The summed E-state index contributed by atoms with van der Waals surface area (Å²) in [4.78, 5) is 4.31. The van der Waals surface area contributed by atoms with Crippen LogP contribution in [0.3, 0.4) is 0 Å². The van der Waals surface area contributed by atoms with Crippen molar-refractivity contribution in [2.45, 2.75) is 25.1 Å². The lowest BCUT2D eigenvalue weighted by Crippen LogP contribution is -2.41. The Labute approximate surface area is 120 Å². The van der Waals surface area contributed by atoms with Crippen LogP contribution in [-0.2, 0) is 16.4 Å². The molecule has 0 amide bonds. The molecule has 20 heavy (non-hydrogen) atoms. The van der Waals surface area contributed by atoms with Crippen LogP contribution in [0.1, 0.15) is 19.4 Å². The van der Waals surface area contributed by atoms with E-state index >= 15 is 0 Å². The molecule has 0 bridgehead atoms. The maximum absolute atomic E-state index is 11.7. The van der Waals surface area contributed by atoms with Gasteiger partial charge >= 0.3 is 0 Å².